The minimum Gasteiger partial charge on any atom is -0.480 e. The van der Waals surface area contributed by atoms with Crippen molar-refractivity contribution in [3.05, 3.63) is 27.9 Å². The highest BCUT2D eigenvalue weighted by Crippen LogP contribution is 2.42. The minimum atomic E-state index is -0.993. The number of ether oxygens (including phenoxy) is 1. The van der Waals surface area contributed by atoms with Crippen LogP contribution in [0.25, 0.3) is 0 Å². The highest BCUT2D eigenvalue weighted by Gasteiger charge is 2.45. The van der Waals surface area contributed by atoms with Gasteiger partial charge in [-0.2, -0.15) is 0 Å². The molecule has 3 atom stereocenters. The molecular weight excluding hydrogens is 436 g/mol. The lowest BCUT2D eigenvalue weighted by atomic mass is 9.89. The molecule has 1 aliphatic rings. The first-order chi connectivity index (χ1) is 10.7. The zero-order chi connectivity index (χ0) is 17.4. The number of fused-ring (bicyclic) bond motifs is 1. The summed E-state index contributed by atoms with van der Waals surface area (Å²) in [6, 6.07) is -0.313. The smallest absolute Gasteiger partial charge is 0.345 e. The molecule has 1 unspecified atom stereocenters. The molecule has 126 valence electrons. The van der Waals surface area contributed by atoms with Crippen molar-refractivity contribution in [2.24, 2.45) is 0 Å². The number of aromatic nitrogens is 2. The predicted molar refractivity (Wildman–Crippen MR) is 89.5 cm³/mol. The van der Waals surface area contributed by atoms with E-state index in [9.17, 15) is 19.5 Å². The lowest BCUT2D eigenvalue weighted by molar-refractivity contribution is -0.136. The number of carboxylic acids is 1. The van der Waals surface area contributed by atoms with E-state index in [4.69, 9.17) is 4.74 Å². The lowest BCUT2D eigenvalue weighted by Crippen LogP contribution is -2.48. The highest BCUT2D eigenvalue weighted by molar-refractivity contribution is 9.12. The van der Waals surface area contributed by atoms with Gasteiger partial charge in [-0.3, -0.25) is 14.2 Å². The molecule has 0 saturated heterocycles. The Bertz CT molecular complexity index is 705. The summed E-state index contributed by atoms with van der Waals surface area (Å²) < 4.78 is 5.54. The van der Waals surface area contributed by atoms with Crippen molar-refractivity contribution in [3.63, 3.8) is 0 Å². The Kier molecular flexibility index (Phi) is 5.30. The molecular formula is C14H16Br2N2O5. The van der Waals surface area contributed by atoms with Crippen molar-refractivity contribution in [2.75, 3.05) is 6.61 Å². The standard InChI is InChI=1S/C14H16Br2N2O5/c1-3-23-13(22)8-6-17-9-5-14(16,10(15)12(20)21)4-7(2)18(9)11(8)19/h6-7,10H,3-5H2,1-2H3,(H,20,21)/t7?,10-,14-/m1/s1. The maximum absolute atomic E-state index is 12.5. The SMILES string of the molecule is CCOC(=O)c1cnc2n(c1=O)C(C)C[C@](Br)([C@H](Br)C(=O)O)C2. The van der Waals surface area contributed by atoms with Crippen molar-refractivity contribution < 1.29 is 19.4 Å². The van der Waals surface area contributed by atoms with Gasteiger partial charge in [0.05, 0.1) is 10.9 Å². The van der Waals surface area contributed by atoms with Crippen LogP contribution in [0.1, 0.15) is 42.5 Å². The second kappa shape index (κ2) is 6.72. The highest BCUT2D eigenvalue weighted by atomic mass is 79.9. The molecule has 1 aromatic heterocycles. The quantitative estimate of drug-likeness (QED) is 0.554. The van der Waals surface area contributed by atoms with E-state index in [-0.39, 0.29) is 24.6 Å². The van der Waals surface area contributed by atoms with Gasteiger partial charge in [0.2, 0.25) is 0 Å². The Balaban J connectivity index is 2.46. The van der Waals surface area contributed by atoms with Crippen LogP contribution < -0.4 is 5.56 Å². The van der Waals surface area contributed by atoms with E-state index in [2.05, 4.69) is 36.8 Å². The number of nitrogens with zero attached hydrogens (tertiary/aromatic N) is 2. The van der Waals surface area contributed by atoms with Gasteiger partial charge in [0.15, 0.2) is 0 Å². The van der Waals surface area contributed by atoms with Crippen molar-refractivity contribution in [1.29, 1.82) is 0 Å². The number of rotatable bonds is 4. The second-order valence-electron chi connectivity index (χ2n) is 5.45. The molecule has 7 nitrogen and oxygen atoms in total. The molecule has 2 heterocycles. The first kappa shape index (κ1) is 18.1. The van der Waals surface area contributed by atoms with Crippen molar-refractivity contribution in [2.45, 2.75) is 41.9 Å². The van der Waals surface area contributed by atoms with Gasteiger partial charge in [0.25, 0.3) is 5.56 Å². The lowest BCUT2D eigenvalue weighted by Gasteiger charge is -2.38. The van der Waals surface area contributed by atoms with Crippen molar-refractivity contribution >= 4 is 43.8 Å². The van der Waals surface area contributed by atoms with E-state index in [1.165, 1.54) is 10.8 Å². The maximum atomic E-state index is 12.5. The molecule has 0 amide bonds. The molecule has 0 aromatic carbocycles. The summed E-state index contributed by atoms with van der Waals surface area (Å²) in [5.74, 6) is -1.26. The Hall–Kier alpha value is -1.22. The summed E-state index contributed by atoms with van der Waals surface area (Å²) in [6.07, 6.45) is 1.84. The van der Waals surface area contributed by atoms with Gasteiger partial charge >= 0.3 is 11.9 Å². The zero-order valence-corrected chi connectivity index (χ0v) is 15.8. The van der Waals surface area contributed by atoms with E-state index in [0.29, 0.717) is 12.2 Å². The van der Waals surface area contributed by atoms with Crippen molar-refractivity contribution in [1.82, 2.24) is 9.55 Å². The Morgan fingerprint density at radius 1 is 1.61 bits per heavy atom. The van der Waals surface area contributed by atoms with Crippen LogP contribution in [0.2, 0.25) is 0 Å². The molecule has 1 N–H and O–H groups in total. The van der Waals surface area contributed by atoms with Crippen LogP contribution in [-0.2, 0) is 16.0 Å². The predicted octanol–water partition coefficient (Wildman–Crippen LogP) is 1.91. The summed E-state index contributed by atoms with van der Waals surface area (Å²) in [5, 5.41) is 9.24. The third-order valence-electron chi connectivity index (χ3n) is 3.76. The Morgan fingerprint density at radius 3 is 2.83 bits per heavy atom. The van der Waals surface area contributed by atoms with Crippen LogP contribution in [0.4, 0.5) is 0 Å². The van der Waals surface area contributed by atoms with Crippen LogP contribution in [0.5, 0.6) is 0 Å². The average Bonchev–Trinajstić information content (AvgIpc) is 2.46. The third-order valence-corrected chi connectivity index (χ3v) is 6.71. The van der Waals surface area contributed by atoms with Gasteiger partial charge in [0.1, 0.15) is 16.2 Å². The molecule has 1 aromatic rings. The van der Waals surface area contributed by atoms with Crippen LogP contribution in [-0.4, -0.2) is 42.4 Å². The van der Waals surface area contributed by atoms with Gasteiger partial charge in [-0.1, -0.05) is 31.9 Å². The molecule has 0 fully saturated rings. The largest absolute Gasteiger partial charge is 0.480 e. The number of esters is 1. The summed E-state index contributed by atoms with van der Waals surface area (Å²) >= 11 is 6.67. The average molecular weight is 452 g/mol. The fourth-order valence-electron chi connectivity index (χ4n) is 2.77. The number of aliphatic carboxylic acids is 1. The zero-order valence-electron chi connectivity index (χ0n) is 12.6. The monoisotopic (exact) mass is 450 g/mol. The normalized spacial score (nSPS) is 24.6. The first-order valence-corrected chi connectivity index (χ1v) is 8.75. The fourth-order valence-corrected chi connectivity index (χ4v) is 4.03. The van der Waals surface area contributed by atoms with Gasteiger partial charge in [-0.05, 0) is 20.3 Å². The maximum Gasteiger partial charge on any atom is 0.345 e. The number of carbonyl (C=O) groups excluding carboxylic acids is 1. The topological polar surface area (TPSA) is 98.5 Å². The van der Waals surface area contributed by atoms with Gasteiger partial charge in [0, 0.05) is 18.7 Å². The molecule has 0 radical (unpaired) electrons. The third kappa shape index (κ3) is 3.35. The number of hydrogen-bond donors (Lipinski definition) is 1. The van der Waals surface area contributed by atoms with Crippen LogP contribution in [0.3, 0.4) is 0 Å². The fraction of sp³-hybridized carbons (Fsp3) is 0.571. The van der Waals surface area contributed by atoms with E-state index in [0.717, 1.165) is 0 Å². The van der Waals surface area contributed by atoms with Gasteiger partial charge in [-0.25, -0.2) is 9.78 Å². The summed E-state index contributed by atoms with van der Waals surface area (Å²) in [7, 11) is 0. The minimum absolute atomic E-state index is 0.113. The van der Waals surface area contributed by atoms with Crippen LogP contribution >= 0.6 is 31.9 Å². The van der Waals surface area contributed by atoms with E-state index < -0.39 is 26.6 Å². The molecule has 9 heteroatoms. The van der Waals surface area contributed by atoms with Crippen molar-refractivity contribution in [3.8, 4) is 0 Å². The molecule has 1 aliphatic heterocycles. The molecule has 0 spiro atoms. The van der Waals surface area contributed by atoms with E-state index in [1.54, 1.807) is 13.8 Å². The van der Waals surface area contributed by atoms with Crippen LogP contribution in [0, 0.1) is 0 Å². The molecule has 0 bridgehead atoms. The van der Waals surface area contributed by atoms with E-state index in [1.807, 2.05) is 0 Å². The number of carbonyl (C=O) groups is 2. The second-order valence-corrected chi connectivity index (χ2v) is 7.94. The number of carboxylic acid groups (broad SMARTS) is 1. The molecule has 23 heavy (non-hydrogen) atoms. The molecule has 2 rings (SSSR count). The summed E-state index contributed by atoms with van der Waals surface area (Å²) in [5.41, 5.74) is -0.574. The molecule has 0 saturated carbocycles. The summed E-state index contributed by atoms with van der Waals surface area (Å²) in [4.78, 5) is 39.0. The Labute approximate surface area is 149 Å². The molecule has 0 aliphatic carbocycles. The number of hydrogen-bond acceptors (Lipinski definition) is 5. The number of alkyl halides is 2. The summed E-state index contributed by atoms with van der Waals surface area (Å²) in [6.45, 7) is 3.62. The number of halogens is 2. The van der Waals surface area contributed by atoms with Gasteiger partial charge < -0.3 is 9.84 Å². The van der Waals surface area contributed by atoms with Crippen LogP contribution in [0.15, 0.2) is 11.0 Å². The Morgan fingerprint density at radius 2 is 2.26 bits per heavy atom. The van der Waals surface area contributed by atoms with Gasteiger partial charge in [-0.15, -0.1) is 0 Å². The first-order valence-electron chi connectivity index (χ1n) is 7.04. The van der Waals surface area contributed by atoms with E-state index >= 15 is 0 Å².